The van der Waals surface area contributed by atoms with Crippen LogP contribution in [-0.4, -0.2) is 20.6 Å². The van der Waals surface area contributed by atoms with Crippen LogP contribution in [0.4, 0.5) is 17.6 Å². The molecule has 0 aromatic heterocycles. The number of hydrogen-bond donors (Lipinski definition) is 0. The van der Waals surface area contributed by atoms with E-state index in [0.717, 1.165) is 13.8 Å². The SMILES string of the molecule is CCC(F)(F)OS(=O)(=O)OC(F)(F)CC. The number of hydrogen-bond acceptors (Lipinski definition) is 4. The molecule has 4 nitrogen and oxygen atoms in total. The molecule has 0 fully saturated rings. The molecule has 9 heteroatoms. The molecule has 0 N–H and O–H groups in total. The maximum absolute atomic E-state index is 12.4. The van der Waals surface area contributed by atoms with Gasteiger partial charge >= 0.3 is 22.6 Å². The summed E-state index contributed by atoms with van der Waals surface area (Å²) in [7, 11) is -5.42. The van der Waals surface area contributed by atoms with Gasteiger partial charge in [0.15, 0.2) is 0 Å². The predicted molar refractivity (Wildman–Crippen MR) is 41.6 cm³/mol. The molecule has 0 spiro atoms. The van der Waals surface area contributed by atoms with E-state index in [2.05, 4.69) is 8.37 Å². The lowest BCUT2D eigenvalue weighted by Crippen LogP contribution is -2.31. The second kappa shape index (κ2) is 4.62. The maximum atomic E-state index is 12.4. The molecule has 15 heavy (non-hydrogen) atoms. The van der Waals surface area contributed by atoms with Gasteiger partial charge in [0, 0.05) is 12.8 Å². The molecule has 0 aromatic rings. The first kappa shape index (κ1) is 14.6. The third kappa shape index (κ3) is 5.90. The summed E-state index contributed by atoms with van der Waals surface area (Å²) in [5.74, 6) is 0. The van der Waals surface area contributed by atoms with E-state index >= 15 is 0 Å². The van der Waals surface area contributed by atoms with Gasteiger partial charge in [0.05, 0.1) is 0 Å². The van der Waals surface area contributed by atoms with Crippen LogP contribution in [0, 0.1) is 0 Å². The molecule has 0 heterocycles. The molecule has 0 aliphatic heterocycles. The topological polar surface area (TPSA) is 52.6 Å². The molecule has 0 aliphatic carbocycles. The van der Waals surface area contributed by atoms with Gasteiger partial charge in [0.1, 0.15) is 0 Å². The standard InChI is InChI=1S/C6H10F4O4S/c1-3-5(7,8)13-15(11,12)14-6(9,10)4-2/h3-4H2,1-2H3. The van der Waals surface area contributed by atoms with Crippen molar-refractivity contribution in [3.05, 3.63) is 0 Å². The molecule has 92 valence electrons. The lowest BCUT2D eigenvalue weighted by atomic mass is 10.5. The maximum Gasteiger partial charge on any atom is 0.409 e. The van der Waals surface area contributed by atoms with Crippen LogP contribution in [0.2, 0.25) is 0 Å². The summed E-state index contributed by atoms with van der Waals surface area (Å²) >= 11 is 0. The largest absolute Gasteiger partial charge is 0.409 e. The Hall–Kier alpha value is -0.410. The lowest BCUT2D eigenvalue weighted by Gasteiger charge is -2.17. The van der Waals surface area contributed by atoms with E-state index in [1.54, 1.807) is 0 Å². The van der Waals surface area contributed by atoms with Crippen LogP contribution in [0.15, 0.2) is 0 Å². The normalized spacial score (nSPS) is 14.3. The predicted octanol–water partition coefficient (Wildman–Crippen LogP) is 2.27. The van der Waals surface area contributed by atoms with Crippen LogP contribution < -0.4 is 0 Å². The highest BCUT2D eigenvalue weighted by Gasteiger charge is 2.41. The molecule has 0 bridgehead atoms. The van der Waals surface area contributed by atoms with Gasteiger partial charge in [-0.15, -0.1) is 0 Å². The van der Waals surface area contributed by atoms with E-state index in [1.807, 2.05) is 0 Å². The van der Waals surface area contributed by atoms with Gasteiger partial charge in [0.25, 0.3) is 0 Å². The third-order valence-electron chi connectivity index (χ3n) is 1.27. The molecular weight excluding hydrogens is 244 g/mol. The van der Waals surface area contributed by atoms with E-state index in [9.17, 15) is 26.0 Å². The van der Waals surface area contributed by atoms with Crippen molar-refractivity contribution in [2.75, 3.05) is 0 Å². The lowest BCUT2D eigenvalue weighted by molar-refractivity contribution is -0.211. The van der Waals surface area contributed by atoms with E-state index in [4.69, 9.17) is 0 Å². The third-order valence-corrected chi connectivity index (χ3v) is 2.17. The average Bonchev–Trinajstić information content (AvgIpc) is 2.00. The van der Waals surface area contributed by atoms with Crippen molar-refractivity contribution in [2.24, 2.45) is 0 Å². The summed E-state index contributed by atoms with van der Waals surface area (Å²) in [6, 6.07) is 0. The van der Waals surface area contributed by atoms with E-state index < -0.39 is 35.5 Å². The van der Waals surface area contributed by atoms with Crippen LogP contribution in [0.1, 0.15) is 26.7 Å². The van der Waals surface area contributed by atoms with Crippen molar-refractivity contribution in [2.45, 2.75) is 38.9 Å². The minimum absolute atomic E-state index is 0.924. The minimum Gasteiger partial charge on any atom is -0.178 e. The van der Waals surface area contributed by atoms with Gasteiger partial charge in [0.2, 0.25) is 0 Å². The van der Waals surface area contributed by atoms with Crippen LogP contribution >= 0.6 is 0 Å². The fourth-order valence-corrected chi connectivity index (χ4v) is 1.30. The van der Waals surface area contributed by atoms with E-state index in [1.165, 1.54) is 0 Å². The second-order valence-electron chi connectivity index (χ2n) is 2.56. The second-order valence-corrected chi connectivity index (χ2v) is 3.71. The highest BCUT2D eigenvalue weighted by atomic mass is 32.3. The summed E-state index contributed by atoms with van der Waals surface area (Å²) in [4.78, 5) is 0. The monoisotopic (exact) mass is 254 g/mol. The van der Waals surface area contributed by atoms with Gasteiger partial charge < -0.3 is 0 Å². The summed E-state index contributed by atoms with van der Waals surface area (Å²) in [5, 5.41) is 0. The molecule has 0 aromatic carbocycles. The Morgan fingerprint density at radius 1 is 0.933 bits per heavy atom. The highest BCUT2D eigenvalue weighted by Crippen LogP contribution is 2.28. The number of halogens is 4. The molecule has 0 atom stereocenters. The fourth-order valence-electron chi connectivity index (χ4n) is 0.434. The van der Waals surface area contributed by atoms with Crippen molar-refractivity contribution in [1.29, 1.82) is 0 Å². The molecule has 0 aliphatic rings. The summed E-state index contributed by atoms with van der Waals surface area (Å²) in [5.41, 5.74) is 0. The molecule has 0 rings (SSSR count). The minimum atomic E-state index is -5.42. The Balaban J connectivity index is 4.59. The zero-order chi connectivity index (χ0) is 12.3. The van der Waals surface area contributed by atoms with Gasteiger partial charge in [-0.1, -0.05) is 13.8 Å². The zero-order valence-electron chi connectivity index (χ0n) is 7.97. The first-order valence-corrected chi connectivity index (χ1v) is 5.29. The molecule has 0 saturated carbocycles. The average molecular weight is 254 g/mol. The van der Waals surface area contributed by atoms with Crippen LogP contribution in [0.25, 0.3) is 0 Å². The van der Waals surface area contributed by atoms with Gasteiger partial charge in [-0.2, -0.15) is 34.3 Å². The van der Waals surface area contributed by atoms with Crippen molar-refractivity contribution in [3.63, 3.8) is 0 Å². The van der Waals surface area contributed by atoms with Gasteiger partial charge in [-0.05, 0) is 0 Å². The molecule has 0 radical (unpaired) electrons. The zero-order valence-corrected chi connectivity index (χ0v) is 8.78. The van der Waals surface area contributed by atoms with Crippen molar-refractivity contribution in [3.8, 4) is 0 Å². The molecule has 0 saturated heterocycles. The highest BCUT2D eigenvalue weighted by molar-refractivity contribution is 7.81. The van der Waals surface area contributed by atoms with Crippen LogP contribution in [0.5, 0.6) is 0 Å². The number of alkyl halides is 4. The van der Waals surface area contributed by atoms with Gasteiger partial charge in [-0.25, -0.2) is 0 Å². The van der Waals surface area contributed by atoms with E-state index in [0.29, 0.717) is 0 Å². The molecule has 0 unspecified atom stereocenters. The first-order chi connectivity index (χ1) is 6.54. The van der Waals surface area contributed by atoms with Crippen LogP contribution in [-0.2, 0) is 18.8 Å². The summed E-state index contributed by atoms with van der Waals surface area (Å²) < 4.78 is 77.1. The Morgan fingerprint density at radius 3 is 1.40 bits per heavy atom. The Labute approximate surface area is 84.5 Å². The van der Waals surface area contributed by atoms with Crippen molar-refractivity contribution < 1.29 is 34.3 Å². The fraction of sp³-hybridized carbons (Fsp3) is 1.00. The van der Waals surface area contributed by atoms with Crippen LogP contribution in [0.3, 0.4) is 0 Å². The van der Waals surface area contributed by atoms with E-state index in [-0.39, 0.29) is 0 Å². The number of rotatable bonds is 6. The molecular formula is C6H10F4O4S. The van der Waals surface area contributed by atoms with Crippen molar-refractivity contribution >= 4 is 10.4 Å². The summed E-state index contributed by atoms with van der Waals surface area (Å²) in [6.07, 6.45) is -10.1. The first-order valence-electron chi connectivity index (χ1n) is 3.95. The Kier molecular flexibility index (Phi) is 4.49. The Morgan fingerprint density at radius 2 is 1.20 bits per heavy atom. The smallest absolute Gasteiger partial charge is 0.178 e. The molecule has 0 amide bonds. The quantitative estimate of drug-likeness (QED) is 0.682. The van der Waals surface area contributed by atoms with Crippen molar-refractivity contribution in [1.82, 2.24) is 0 Å². The van der Waals surface area contributed by atoms with Gasteiger partial charge in [-0.3, -0.25) is 0 Å². The Bertz CT molecular complexity index is 276. The summed E-state index contributed by atoms with van der Waals surface area (Å²) in [6.45, 7) is 1.85.